The Hall–Kier alpha value is -1.85. The predicted octanol–water partition coefficient (Wildman–Crippen LogP) is 7.29. The van der Waals surface area contributed by atoms with E-state index in [2.05, 4.69) is 47.6 Å². The van der Waals surface area contributed by atoms with E-state index in [1.165, 1.54) is 19.4 Å². The highest BCUT2D eigenvalue weighted by Gasteiger charge is 2.70. The normalized spacial score (nSPS) is 48.8. The summed E-state index contributed by atoms with van der Waals surface area (Å²) in [5, 5.41) is 0. The maximum absolute atomic E-state index is 13.5. The lowest BCUT2D eigenvalue weighted by molar-refractivity contribution is -0.227. The van der Waals surface area contributed by atoms with Crippen LogP contribution >= 0.6 is 0 Å². The highest BCUT2D eigenvalue weighted by Crippen LogP contribution is 2.76. The van der Waals surface area contributed by atoms with Crippen molar-refractivity contribution >= 4 is 17.9 Å². The number of rotatable bonds is 4. The summed E-state index contributed by atoms with van der Waals surface area (Å²) >= 11 is 0. The maximum Gasteiger partial charge on any atom is 0.312 e. The van der Waals surface area contributed by atoms with Crippen LogP contribution in [0.4, 0.5) is 0 Å². The number of hydrogen-bond donors (Lipinski definition) is 0. The zero-order valence-electron chi connectivity index (χ0n) is 27.1. The first-order valence-corrected chi connectivity index (χ1v) is 16.2. The quantitative estimate of drug-likeness (QED) is 0.201. The molecular formula is C35H54O6. The number of methoxy groups -OCH3 is 1. The van der Waals surface area contributed by atoms with Gasteiger partial charge in [0.05, 0.1) is 12.5 Å². The molecule has 5 aliphatic carbocycles. The molecule has 0 radical (unpaired) electrons. The minimum Gasteiger partial charge on any atom is -0.469 e. The Morgan fingerprint density at radius 1 is 0.878 bits per heavy atom. The van der Waals surface area contributed by atoms with Crippen LogP contribution in [0, 0.1) is 56.7 Å². The summed E-state index contributed by atoms with van der Waals surface area (Å²) in [6, 6.07) is 0. The van der Waals surface area contributed by atoms with E-state index in [-0.39, 0.29) is 58.7 Å². The average Bonchev–Trinajstić information content (AvgIpc) is 2.91. The molecule has 0 amide bonds. The summed E-state index contributed by atoms with van der Waals surface area (Å²) in [6.45, 7) is 17.7. The summed E-state index contributed by atoms with van der Waals surface area (Å²) < 4.78 is 17.2. The minimum atomic E-state index is -0.434. The van der Waals surface area contributed by atoms with E-state index in [0.717, 1.165) is 57.8 Å². The van der Waals surface area contributed by atoms with Gasteiger partial charge in [0.1, 0.15) is 12.7 Å². The van der Waals surface area contributed by atoms with Gasteiger partial charge in [-0.2, -0.15) is 0 Å². The zero-order valence-corrected chi connectivity index (χ0v) is 27.1. The molecular weight excluding hydrogens is 516 g/mol. The third-order valence-corrected chi connectivity index (χ3v) is 14.2. The van der Waals surface area contributed by atoms with Crippen molar-refractivity contribution in [2.24, 2.45) is 56.7 Å². The lowest BCUT2D eigenvalue weighted by Crippen LogP contribution is -2.66. The Balaban J connectivity index is 1.57. The fourth-order valence-electron chi connectivity index (χ4n) is 11.7. The summed E-state index contributed by atoms with van der Waals surface area (Å²) in [4.78, 5) is 37.6. The maximum atomic E-state index is 13.5. The van der Waals surface area contributed by atoms with Crippen molar-refractivity contribution in [3.05, 3.63) is 11.6 Å². The van der Waals surface area contributed by atoms with E-state index < -0.39 is 10.8 Å². The van der Waals surface area contributed by atoms with E-state index in [1.54, 1.807) is 7.11 Å². The van der Waals surface area contributed by atoms with Gasteiger partial charge in [-0.3, -0.25) is 14.4 Å². The van der Waals surface area contributed by atoms with Crippen LogP contribution < -0.4 is 0 Å². The molecule has 0 N–H and O–H groups in total. The molecule has 11 atom stereocenters. The van der Waals surface area contributed by atoms with Gasteiger partial charge in [-0.05, 0) is 104 Å². The Labute approximate surface area is 247 Å². The Morgan fingerprint density at radius 3 is 2.22 bits per heavy atom. The predicted molar refractivity (Wildman–Crippen MR) is 157 cm³/mol. The van der Waals surface area contributed by atoms with E-state index in [4.69, 9.17) is 14.2 Å². The lowest BCUT2D eigenvalue weighted by atomic mass is 9.33. The SMILES string of the molecule is COC(=O)[C@]12CC[C@@H](C)[C@H](C)[C@H]1C1=CC[C@@H]3[C@@]4(C)CC[C@H](OC(C)=O)[C@](C)(COC(C)=O)[C@H]4CC[C@@]3(C)[C@]1(C)CC2. The third kappa shape index (κ3) is 4.18. The van der Waals surface area contributed by atoms with Crippen molar-refractivity contribution in [3.63, 3.8) is 0 Å². The largest absolute Gasteiger partial charge is 0.469 e. The van der Waals surface area contributed by atoms with Gasteiger partial charge in [0.25, 0.3) is 0 Å². The van der Waals surface area contributed by atoms with Crippen LogP contribution in [0.5, 0.6) is 0 Å². The zero-order chi connectivity index (χ0) is 30.2. The van der Waals surface area contributed by atoms with Gasteiger partial charge in [-0.15, -0.1) is 0 Å². The van der Waals surface area contributed by atoms with Crippen molar-refractivity contribution in [1.29, 1.82) is 0 Å². The van der Waals surface area contributed by atoms with Gasteiger partial charge in [0.15, 0.2) is 0 Å². The van der Waals surface area contributed by atoms with Crippen molar-refractivity contribution in [2.75, 3.05) is 13.7 Å². The van der Waals surface area contributed by atoms with Gasteiger partial charge in [0, 0.05) is 19.3 Å². The third-order valence-electron chi connectivity index (χ3n) is 14.2. The van der Waals surface area contributed by atoms with Crippen LogP contribution in [0.3, 0.4) is 0 Å². The summed E-state index contributed by atoms with van der Waals surface area (Å²) in [5.74, 6) is 1.43. The molecule has 0 heterocycles. The molecule has 0 aliphatic heterocycles. The van der Waals surface area contributed by atoms with E-state index in [9.17, 15) is 14.4 Å². The Bertz CT molecular complexity index is 1130. The van der Waals surface area contributed by atoms with Crippen LogP contribution in [0.1, 0.15) is 113 Å². The second kappa shape index (κ2) is 10.1. The van der Waals surface area contributed by atoms with E-state index in [1.807, 2.05) is 0 Å². The molecule has 41 heavy (non-hydrogen) atoms. The summed E-state index contributed by atoms with van der Waals surface area (Å²) in [6.07, 6.45) is 11.1. The Morgan fingerprint density at radius 2 is 1.59 bits per heavy atom. The molecule has 230 valence electrons. The number of ether oxygens (including phenoxy) is 3. The van der Waals surface area contributed by atoms with Gasteiger partial charge in [-0.1, -0.05) is 53.2 Å². The van der Waals surface area contributed by atoms with Crippen molar-refractivity contribution in [1.82, 2.24) is 0 Å². The molecule has 5 aliphatic rings. The van der Waals surface area contributed by atoms with E-state index in [0.29, 0.717) is 17.8 Å². The molecule has 4 saturated carbocycles. The molecule has 0 aromatic rings. The molecule has 0 unspecified atom stereocenters. The first-order chi connectivity index (χ1) is 19.1. The van der Waals surface area contributed by atoms with Crippen molar-refractivity contribution in [3.8, 4) is 0 Å². The molecule has 0 saturated heterocycles. The molecule has 6 heteroatoms. The van der Waals surface area contributed by atoms with Crippen LogP contribution in [0.15, 0.2) is 11.6 Å². The van der Waals surface area contributed by atoms with Crippen LogP contribution in [-0.4, -0.2) is 37.7 Å². The number of carbonyl (C=O) groups is 3. The van der Waals surface area contributed by atoms with Crippen LogP contribution in [-0.2, 0) is 28.6 Å². The second-order valence-electron chi connectivity index (χ2n) is 15.7. The number of carbonyl (C=O) groups excluding carboxylic acids is 3. The van der Waals surface area contributed by atoms with Gasteiger partial charge < -0.3 is 14.2 Å². The standard InChI is InChI=1S/C35H54O6/c1-21-12-17-35(30(38)39-9)19-18-33(7)25(29(35)22(21)2)10-11-27-31(5)15-14-28(41-24(4)37)32(6,20-40-23(3)36)26(31)13-16-34(27,33)8/h10,21-22,26-29H,11-20H2,1-9H3/t21-,22+,26+,27-,28+,29+,31+,32-,33-,34-,35+/m1/s1. The molecule has 5 rings (SSSR count). The van der Waals surface area contributed by atoms with Crippen LogP contribution in [0.25, 0.3) is 0 Å². The molecule has 4 fully saturated rings. The Kier molecular flexibility index (Phi) is 7.55. The van der Waals surface area contributed by atoms with Crippen molar-refractivity contribution in [2.45, 2.75) is 119 Å². The highest BCUT2D eigenvalue weighted by molar-refractivity contribution is 5.78. The first kappa shape index (κ1) is 30.6. The van der Waals surface area contributed by atoms with Gasteiger partial charge in [-0.25, -0.2) is 0 Å². The number of esters is 3. The lowest BCUT2D eigenvalue weighted by Gasteiger charge is -2.71. The average molecular weight is 571 g/mol. The molecule has 0 aromatic heterocycles. The topological polar surface area (TPSA) is 78.9 Å². The monoisotopic (exact) mass is 570 g/mol. The smallest absolute Gasteiger partial charge is 0.312 e. The summed E-state index contributed by atoms with van der Waals surface area (Å²) in [5.41, 5.74) is 0.812. The number of hydrogen-bond acceptors (Lipinski definition) is 6. The van der Waals surface area contributed by atoms with E-state index >= 15 is 0 Å². The molecule has 0 spiro atoms. The summed E-state index contributed by atoms with van der Waals surface area (Å²) in [7, 11) is 1.57. The van der Waals surface area contributed by atoms with Gasteiger partial charge >= 0.3 is 17.9 Å². The number of fused-ring (bicyclic) bond motifs is 7. The molecule has 0 aromatic carbocycles. The molecule has 0 bridgehead atoms. The minimum absolute atomic E-state index is 0.00261. The fraction of sp³-hybridized carbons (Fsp3) is 0.857. The fourth-order valence-corrected chi connectivity index (χ4v) is 11.7. The second-order valence-corrected chi connectivity index (χ2v) is 15.7. The van der Waals surface area contributed by atoms with Gasteiger partial charge in [0.2, 0.25) is 0 Å². The number of allylic oxidation sites excluding steroid dienone is 2. The first-order valence-electron chi connectivity index (χ1n) is 16.2. The van der Waals surface area contributed by atoms with Crippen molar-refractivity contribution < 1.29 is 28.6 Å². The van der Waals surface area contributed by atoms with Crippen LogP contribution in [0.2, 0.25) is 0 Å². The highest BCUT2D eigenvalue weighted by atomic mass is 16.6. The molecule has 6 nitrogen and oxygen atoms in total.